The smallest absolute Gasteiger partial charge is 0.0541 e. The van der Waals surface area contributed by atoms with Crippen molar-refractivity contribution in [1.82, 2.24) is 4.57 Å². The lowest BCUT2D eigenvalue weighted by Gasteiger charge is -2.20. The van der Waals surface area contributed by atoms with Crippen LogP contribution in [0, 0.1) is 0 Å². The minimum atomic E-state index is 1.16. The van der Waals surface area contributed by atoms with Gasteiger partial charge in [-0.1, -0.05) is 84.9 Å². The first kappa shape index (κ1) is 21.5. The van der Waals surface area contributed by atoms with Crippen molar-refractivity contribution in [3.05, 3.63) is 140 Å². The standard InChI is InChI=1S/C35H26N2/c1-36(29-18-16-26(17-19-29)28-15-14-25-8-2-3-9-27(25)24-28)30-20-22-31(23-21-30)37-34-12-6-4-10-32(34)33-11-5-7-13-35(33)37/h2-24H,1H3. The van der Waals surface area contributed by atoms with Gasteiger partial charge in [-0.2, -0.15) is 0 Å². The van der Waals surface area contributed by atoms with Gasteiger partial charge in [-0.25, -0.2) is 0 Å². The molecule has 0 aliphatic carbocycles. The third-order valence-electron chi connectivity index (χ3n) is 7.41. The summed E-state index contributed by atoms with van der Waals surface area (Å²) in [6.45, 7) is 0. The molecule has 176 valence electrons. The molecular formula is C35H26N2. The van der Waals surface area contributed by atoms with Crippen LogP contribution in [0.4, 0.5) is 11.4 Å². The van der Waals surface area contributed by atoms with Crippen LogP contribution in [0.1, 0.15) is 0 Å². The van der Waals surface area contributed by atoms with Crippen molar-refractivity contribution in [3.8, 4) is 16.8 Å². The van der Waals surface area contributed by atoms with Crippen molar-refractivity contribution in [2.45, 2.75) is 0 Å². The third kappa shape index (κ3) is 3.66. The molecule has 2 heteroatoms. The number of anilines is 2. The first-order chi connectivity index (χ1) is 18.3. The zero-order valence-electron chi connectivity index (χ0n) is 20.7. The Balaban J connectivity index is 1.19. The minimum Gasteiger partial charge on any atom is -0.345 e. The average Bonchev–Trinajstić information content (AvgIpc) is 3.31. The van der Waals surface area contributed by atoms with Crippen LogP contribution in [-0.2, 0) is 0 Å². The van der Waals surface area contributed by atoms with Gasteiger partial charge >= 0.3 is 0 Å². The van der Waals surface area contributed by atoms with Gasteiger partial charge in [-0.05, 0) is 76.5 Å². The third-order valence-corrected chi connectivity index (χ3v) is 7.41. The van der Waals surface area contributed by atoms with E-state index in [0.29, 0.717) is 0 Å². The summed E-state index contributed by atoms with van der Waals surface area (Å²) in [4.78, 5) is 2.24. The van der Waals surface area contributed by atoms with Crippen LogP contribution in [0.2, 0.25) is 0 Å². The first-order valence-electron chi connectivity index (χ1n) is 12.7. The molecular weight excluding hydrogens is 448 g/mol. The van der Waals surface area contributed by atoms with Gasteiger partial charge in [0.25, 0.3) is 0 Å². The molecule has 0 saturated carbocycles. The van der Waals surface area contributed by atoms with Crippen LogP contribution in [0.15, 0.2) is 140 Å². The number of fused-ring (bicyclic) bond motifs is 4. The van der Waals surface area contributed by atoms with Crippen molar-refractivity contribution < 1.29 is 0 Å². The number of hydrogen-bond acceptors (Lipinski definition) is 1. The predicted molar refractivity (Wildman–Crippen MR) is 158 cm³/mol. The van der Waals surface area contributed by atoms with Crippen molar-refractivity contribution in [3.63, 3.8) is 0 Å². The summed E-state index contributed by atoms with van der Waals surface area (Å²) in [5.74, 6) is 0. The summed E-state index contributed by atoms with van der Waals surface area (Å²) in [6.07, 6.45) is 0. The fourth-order valence-electron chi connectivity index (χ4n) is 5.42. The van der Waals surface area contributed by atoms with E-state index >= 15 is 0 Å². The second kappa shape index (κ2) is 8.69. The molecule has 1 aromatic heterocycles. The van der Waals surface area contributed by atoms with Crippen LogP contribution in [-0.4, -0.2) is 11.6 Å². The molecule has 0 amide bonds. The van der Waals surface area contributed by atoms with Crippen molar-refractivity contribution in [2.24, 2.45) is 0 Å². The molecule has 0 aliphatic heterocycles. The lowest BCUT2D eigenvalue weighted by atomic mass is 10.0. The van der Waals surface area contributed by atoms with Crippen molar-refractivity contribution in [1.29, 1.82) is 0 Å². The van der Waals surface area contributed by atoms with Gasteiger partial charge in [0.2, 0.25) is 0 Å². The first-order valence-corrected chi connectivity index (χ1v) is 12.7. The van der Waals surface area contributed by atoms with E-state index < -0.39 is 0 Å². The molecule has 0 atom stereocenters. The molecule has 0 aliphatic rings. The molecule has 7 aromatic rings. The molecule has 37 heavy (non-hydrogen) atoms. The molecule has 6 aromatic carbocycles. The number of hydrogen-bond donors (Lipinski definition) is 0. The Morgan fingerprint density at radius 3 is 1.62 bits per heavy atom. The van der Waals surface area contributed by atoms with E-state index in [-0.39, 0.29) is 0 Å². The fourth-order valence-corrected chi connectivity index (χ4v) is 5.42. The van der Waals surface area contributed by atoms with E-state index in [2.05, 4.69) is 156 Å². The van der Waals surface area contributed by atoms with Crippen molar-refractivity contribution >= 4 is 44.0 Å². The summed E-state index contributed by atoms with van der Waals surface area (Å²) in [5.41, 5.74) is 8.41. The molecule has 0 unspecified atom stereocenters. The van der Waals surface area contributed by atoms with Crippen LogP contribution in [0.5, 0.6) is 0 Å². The van der Waals surface area contributed by atoms with Crippen LogP contribution in [0.25, 0.3) is 49.4 Å². The molecule has 0 fully saturated rings. The van der Waals surface area contributed by atoms with Gasteiger partial charge in [0.05, 0.1) is 11.0 Å². The summed E-state index contributed by atoms with van der Waals surface area (Å²) < 4.78 is 2.35. The lowest BCUT2D eigenvalue weighted by Crippen LogP contribution is -2.09. The molecule has 0 spiro atoms. The molecule has 1 heterocycles. The van der Waals surface area contributed by atoms with Gasteiger partial charge in [-0.3, -0.25) is 0 Å². The Bertz CT molecular complexity index is 1820. The molecule has 0 bridgehead atoms. The Hall–Kier alpha value is -4.82. The molecule has 2 nitrogen and oxygen atoms in total. The molecule has 0 saturated heterocycles. The summed E-state index contributed by atoms with van der Waals surface area (Å²) in [7, 11) is 2.13. The lowest BCUT2D eigenvalue weighted by molar-refractivity contribution is 1.16. The maximum Gasteiger partial charge on any atom is 0.0541 e. The molecule has 0 radical (unpaired) electrons. The molecule has 7 rings (SSSR count). The average molecular weight is 475 g/mol. The topological polar surface area (TPSA) is 8.17 Å². The quantitative estimate of drug-likeness (QED) is 0.247. The highest BCUT2D eigenvalue weighted by Crippen LogP contribution is 2.33. The normalized spacial score (nSPS) is 11.4. The fraction of sp³-hybridized carbons (Fsp3) is 0.0286. The predicted octanol–water partition coefficient (Wildman–Crippen LogP) is 9.37. The van der Waals surface area contributed by atoms with E-state index in [1.165, 1.54) is 49.4 Å². The van der Waals surface area contributed by atoms with Crippen LogP contribution < -0.4 is 4.90 Å². The highest BCUT2D eigenvalue weighted by molar-refractivity contribution is 6.09. The zero-order chi connectivity index (χ0) is 24.8. The monoisotopic (exact) mass is 474 g/mol. The van der Waals surface area contributed by atoms with Gasteiger partial charge in [0.1, 0.15) is 0 Å². The number of nitrogens with zero attached hydrogens (tertiary/aromatic N) is 2. The summed E-state index contributed by atoms with van der Waals surface area (Å²) in [6, 6.07) is 50.1. The maximum atomic E-state index is 2.35. The van der Waals surface area contributed by atoms with Crippen LogP contribution >= 0.6 is 0 Å². The van der Waals surface area contributed by atoms with E-state index in [1.807, 2.05) is 0 Å². The summed E-state index contributed by atoms with van der Waals surface area (Å²) >= 11 is 0. The van der Waals surface area contributed by atoms with Gasteiger partial charge in [0.15, 0.2) is 0 Å². The maximum absolute atomic E-state index is 2.35. The van der Waals surface area contributed by atoms with E-state index in [0.717, 1.165) is 11.4 Å². The van der Waals surface area contributed by atoms with Gasteiger partial charge < -0.3 is 9.47 Å². The second-order valence-corrected chi connectivity index (χ2v) is 9.55. The highest BCUT2D eigenvalue weighted by Gasteiger charge is 2.12. The SMILES string of the molecule is CN(c1ccc(-c2ccc3ccccc3c2)cc1)c1ccc(-n2c3ccccc3c3ccccc32)cc1. The molecule has 0 N–H and O–H groups in total. The second-order valence-electron chi connectivity index (χ2n) is 9.55. The Morgan fingerprint density at radius 1 is 0.459 bits per heavy atom. The summed E-state index contributed by atoms with van der Waals surface area (Å²) in [5, 5.41) is 5.10. The zero-order valence-corrected chi connectivity index (χ0v) is 20.7. The highest BCUT2D eigenvalue weighted by atomic mass is 15.1. The van der Waals surface area contributed by atoms with Gasteiger partial charge in [0, 0.05) is 34.9 Å². The van der Waals surface area contributed by atoms with Crippen molar-refractivity contribution in [2.75, 3.05) is 11.9 Å². The van der Waals surface area contributed by atoms with E-state index in [4.69, 9.17) is 0 Å². The van der Waals surface area contributed by atoms with Gasteiger partial charge in [-0.15, -0.1) is 0 Å². The largest absolute Gasteiger partial charge is 0.345 e. The Kier molecular flexibility index (Phi) is 5.04. The number of benzene rings is 6. The number of rotatable bonds is 4. The number of para-hydroxylation sites is 2. The number of aromatic nitrogens is 1. The Labute approximate surface area is 216 Å². The van der Waals surface area contributed by atoms with Crippen LogP contribution in [0.3, 0.4) is 0 Å². The Morgan fingerprint density at radius 2 is 0.973 bits per heavy atom. The minimum absolute atomic E-state index is 1.16. The van der Waals surface area contributed by atoms with E-state index in [9.17, 15) is 0 Å². The van der Waals surface area contributed by atoms with E-state index in [1.54, 1.807) is 0 Å².